The molecule has 0 saturated heterocycles. The minimum atomic E-state index is -3.69. The number of halogens is 1. The largest absolute Gasteiger partial charge is 0.321 e. The van der Waals surface area contributed by atoms with E-state index in [1.807, 2.05) is 0 Å². The Kier molecular flexibility index (Phi) is 6.36. The fraction of sp³-hybridized carbons (Fsp3) is 0.0909. The first-order valence-electron chi connectivity index (χ1n) is 8.93. The third-order valence-corrected chi connectivity index (χ3v) is 6.43. The lowest BCUT2D eigenvalue weighted by Crippen LogP contribution is -2.23. The molecule has 0 heterocycles. The number of amides is 1. The number of hydrogen-bond donors (Lipinski definition) is 1. The van der Waals surface area contributed by atoms with Crippen molar-refractivity contribution in [3.05, 3.63) is 94.5 Å². The van der Waals surface area contributed by atoms with Crippen molar-refractivity contribution < 1.29 is 18.0 Å². The van der Waals surface area contributed by atoms with Crippen LogP contribution in [0.4, 0.5) is 5.69 Å². The van der Waals surface area contributed by atoms with Gasteiger partial charge in [0.05, 0.1) is 10.6 Å². The summed E-state index contributed by atoms with van der Waals surface area (Å²) in [7, 11) is -0.859. The summed E-state index contributed by atoms with van der Waals surface area (Å²) < 4.78 is 25.7. The lowest BCUT2D eigenvalue weighted by atomic mass is 10.0. The molecule has 0 aliphatic heterocycles. The number of carbonyl (C=O) groups is 2. The number of nitrogens with one attached hydrogen (secondary N) is 1. The predicted molar refractivity (Wildman–Crippen MR) is 117 cm³/mol. The van der Waals surface area contributed by atoms with Crippen molar-refractivity contribution in [3.8, 4) is 0 Å². The molecule has 3 aromatic carbocycles. The van der Waals surface area contributed by atoms with Gasteiger partial charge >= 0.3 is 0 Å². The van der Waals surface area contributed by atoms with Crippen LogP contribution in [0.1, 0.15) is 26.3 Å². The average Bonchev–Trinajstić information content (AvgIpc) is 2.75. The zero-order valence-corrected chi connectivity index (χ0v) is 17.9. The molecule has 0 unspecified atom stereocenters. The van der Waals surface area contributed by atoms with E-state index < -0.39 is 15.9 Å². The van der Waals surface area contributed by atoms with Gasteiger partial charge in [0.15, 0.2) is 5.78 Å². The zero-order chi connectivity index (χ0) is 21.9. The molecule has 0 aromatic heterocycles. The number of anilines is 1. The van der Waals surface area contributed by atoms with E-state index >= 15 is 0 Å². The Morgan fingerprint density at radius 3 is 2.20 bits per heavy atom. The van der Waals surface area contributed by atoms with Crippen LogP contribution < -0.4 is 5.32 Å². The maximum Gasteiger partial charge on any atom is 0.255 e. The lowest BCUT2D eigenvalue weighted by Gasteiger charge is -2.13. The molecule has 1 N–H and O–H groups in total. The van der Waals surface area contributed by atoms with Crippen molar-refractivity contribution in [3.63, 3.8) is 0 Å². The first-order valence-corrected chi connectivity index (χ1v) is 10.7. The molecule has 0 fully saturated rings. The summed E-state index contributed by atoms with van der Waals surface area (Å²) in [6.45, 7) is 0. The van der Waals surface area contributed by atoms with Crippen LogP contribution in [0.5, 0.6) is 0 Å². The normalized spacial score (nSPS) is 11.3. The second-order valence-electron chi connectivity index (χ2n) is 6.65. The number of benzene rings is 3. The molecule has 0 spiro atoms. The molecule has 0 atom stereocenters. The maximum absolute atomic E-state index is 12.9. The van der Waals surface area contributed by atoms with E-state index in [0.29, 0.717) is 10.6 Å². The summed E-state index contributed by atoms with van der Waals surface area (Å²) in [6.07, 6.45) is 0. The summed E-state index contributed by atoms with van der Waals surface area (Å²) >= 11 is 6.07. The highest BCUT2D eigenvalue weighted by Gasteiger charge is 2.20. The van der Waals surface area contributed by atoms with Crippen molar-refractivity contribution in [1.82, 2.24) is 4.31 Å². The number of hydrogen-bond acceptors (Lipinski definition) is 4. The molecule has 30 heavy (non-hydrogen) atoms. The van der Waals surface area contributed by atoms with Crippen molar-refractivity contribution in [2.75, 3.05) is 19.4 Å². The van der Waals surface area contributed by atoms with E-state index in [2.05, 4.69) is 5.32 Å². The molecule has 0 bridgehead atoms. The molecule has 3 rings (SSSR count). The van der Waals surface area contributed by atoms with E-state index in [-0.39, 0.29) is 27.5 Å². The van der Waals surface area contributed by atoms with Gasteiger partial charge in [0.2, 0.25) is 10.0 Å². The van der Waals surface area contributed by atoms with Gasteiger partial charge in [-0.05, 0) is 36.4 Å². The van der Waals surface area contributed by atoms with Gasteiger partial charge in [-0.15, -0.1) is 0 Å². The minimum Gasteiger partial charge on any atom is -0.321 e. The Morgan fingerprint density at radius 1 is 0.867 bits per heavy atom. The monoisotopic (exact) mass is 442 g/mol. The Hall–Kier alpha value is -3.00. The number of rotatable bonds is 6. The fourth-order valence-electron chi connectivity index (χ4n) is 2.76. The summed E-state index contributed by atoms with van der Waals surface area (Å²) in [5.74, 6) is -0.840. The van der Waals surface area contributed by atoms with Crippen LogP contribution in [-0.4, -0.2) is 38.5 Å². The summed E-state index contributed by atoms with van der Waals surface area (Å²) in [4.78, 5) is 25.7. The van der Waals surface area contributed by atoms with Crippen LogP contribution in [0, 0.1) is 0 Å². The average molecular weight is 443 g/mol. The van der Waals surface area contributed by atoms with Crippen molar-refractivity contribution in [2.45, 2.75) is 4.90 Å². The van der Waals surface area contributed by atoms with Gasteiger partial charge in [-0.3, -0.25) is 9.59 Å². The fourth-order valence-corrected chi connectivity index (χ4v) is 3.88. The number of sulfonamides is 1. The minimum absolute atomic E-state index is 0.00292. The van der Waals surface area contributed by atoms with E-state index in [1.54, 1.807) is 36.4 Å². The number of nitrogens with zero attached hydrogens (tertiary/aromatic N) is 1. The highest BCUT2D eigenvalue weighted by molar-refractivity contribution is 7.89. The van der Waals surface area contributed by atoms with Crippen LogP contribution in [0.3, 0.4) is 0 Å². The summed E-state index contributed by atoms with van der Waals surface area (Å²) in [5.41, 5.74) is 1.11. The van der Waals surface area contributed by atoms with Crippen LogP contribution in [0.2, 0.25) is 5.02 Å². The third-order valence-electron chi connectivity index (χ3n) is 4.39. The highest BCUT2D eigenvalue weighted by Crippen LogP contribution is 2.25. The Morgan fingerprint density at radius 2 is 1.53 bits per heavy atom. The van der Waals surface area contributed by atoms with Gasteiger partial charge in [-0.25, -0.2) is 12.7 Å². The molecule has 6 nitrogen and oxygen atoms in total. The van der Waals surface area contributed by atoms with Crippen molar-refractivity contribution in [1.29, 1.82) is 0 Å². The van der Waals surface area contributed by atoms with Gasteiger partial charge in [-0.2, -0.15) is 0 Å². The third kappa shape index (κ3) is 4.59. The summed E-state index contributed by atoms with van der Waals surface area (Å²) in [5, 5.41) is 3.04. The summed E-state index contributed by atoms with van der Waals surface area (Å²) in [6, 6.07) is 18.9. The second kappa shape index (κ2) is 8.79. The standard InChI is InChI=1S/C22H19ClN2O4S/c1-25(2)30(28,29)18-10-6-9-16(13-18)22(27)24-20-12-11-17(23)14-19(20)21(26)15-7-4-3-5-8-15/h3-14H,1-2H3,(H,24,27). The van der Waals surface area contributed by atoms with Crippen LogP contribution in [-0.2, 0) is 10.0 Å². The van der Waals surface area contributed by atoms with Gasteiger partial charge in [0, 0.05) is 35.8 Å². The SMILES string of the molecule is CN(C)S(=O)(=O)c1cccc(C(=O)Nc2ccc(Cl)cc2C(=O)c2ccccc2)c1. The molecule has 154 valence electrons. The van der Waals surface area contributed by atoms with E-state index in [4.69, 9.17) is 11.6 Å². The second-order valence-corrected chi connectivity index (χ2v) is 9.24. The Bertz CT molecular complexity index is 1210. The number of carbonyl (C=O) groups excluding carboxylic acids is 2. The topological polar surface area (TPSA) is 83.6 Å². The lowest BCUT2D eigenvalue weighted by molar-refractivity contribution is 0.102. The first-order chi connectivity index (χ1) is 14.2. The molecule has 0 saturated carbocycles. The van der Waals surface area contributed by atoms with Gasteiger partial charge in [-0.1, -0.05) is 48.0 Å². The van der Waals surface area contributed by atoms with E-state index in [0.717, 1.165) is 4.31 Å². The molecule has 1 amide bonds. The molecule has 0 aliphatic rings. The predicted octanol–water partition coefficient (Wildman–Crippen LogP) is 4.07. The van der Waals surface area contributed by atoms with Crippen molar-refractivity contribution in [2.24, 2.45) is 0 Å². The van der Waals surface area contributed by atoms with Crippen LogP contribution in [0.25, 0.3) is 0 Å². The quantitative estimate of drug-likeness (QED) is 0.583. The van der Waals surface area contributed by atoms with Gasteiger partial charge in [0.25, 0.3) is 5.91 Å². The number of ketones is 1. The highest BCUT2D eigenvalue weighted by atomic mass is 35.5. The van der Waals surface area contributed by atoms with E-state index in [9.17, 15) is 18.0 Å². The molecular weight excluding hydrogens is 424 g/mol. The van der Waals surface area contributed by atoms with Gasteiger partial charge < -0.3 is 5.32 Å². The maximum atomic E-state index is 12.9. The Labute approximate surface area is 180 Å². The molecule has 0 aliphatic carbocycles. The molecular formula is C22H19ClN2O4S. The molecule has 0 radical (unpaired) electrons. The Balaban J connectivity index is 1.94. The molecule has 3 aromatic rings. The van der Waals surface area contributed by atoms with Gasteiger partial charge in [0.1, 0.15) is 0 Å². The smallest absolute Gasteiger partial charge is 0.255 e. The molecule has 8 heteroatoms. The van der Waals surface area contributed by atoms with E-state index in [1.165, 1.54) is 50.5 Å². The van der Waals surface area contributed by atoms with Crippen molar-refractivity contribution >= 4 is 39.0 Å². The first kappa shape index (κ1) is 21.7. The zero-order valence-electron chi connectivity index (χ0n) is 16.3. The van der Waals surface area contributed by atoms with Crippen LogP contribution in [0.15, 0.2) is 77.7 Å². The van der Waals surface area contributed by atoms with Crippen LogP contribution >= 0.6 is 11.6 Å².